The monoisotopic (exact) mass is 317 g/mol. The first-order valence-corrected chi connectivity index (χ1v) is 7.85. The number of aromatic nitrogens is 1. The highest BCUT2D eigenvalue weighted by atomic mass is 35.5. The van der Waals surface area contributed by atoms with Crippen molar-refractivity contribution in [3.05, 3.63) is 10.7 Å². The van der Waals surface area contributed by atoms with Crippen LogP contribution in [0.15, 0.2) is 0 Å². The number of piperidine rings is 1. The van der Waals surface area contributed by atoms with E-state index in [0.29, 0.717) is 5.92 Å². The molecule has 1 aromatic heterocycles. The van der Waals surface area contributed by atoms with Gasteiger partial charge in [-0.1, -0.05) is 13.8 Å². The van der Waals surface area contributed by atoms with Crippen LogP contribution in [0.2, 0.25) is 0 Å². The van der Waals surface area contributed by atoms with Gasteiger partial charge in [0.1, 0.15) is 5.00 Å². The Hall–Kier alpha value is -0.650. The minimum Gasteiger partial charge on any atom is -0.317 e. The molecule has 0 spiro atoms. The SMILES string of the molecule is Cc1nc(CC(C)C)c(NC(=O)C2CCNCC2)s1.Cl. The molecule has 0 atom stereocenters. The van der Waals surface area contributed by atoms with Gasteiger partial charge >= 0.3 is 0 Å². The van der Waals surface area contributed by atoms with Gasteiger partial charge in [-0.25, -0.2) is 4.98 Å². The molecular formula is C14H24ClN3OS. The summed E-state index contributed by atoms with van der Waals surface area (Å²) in [4.78, 5) is 16.8. The van der Waals surface area contributed by atoms with E-state index in [2.05, 4.69) is 29.5 Å². The van der Waals surface area contributed by atoms with Gasteiger partial charge in [-0.3, -0.25) is 4.79 Å². The summed E-state index contributed by atoms with van der Waals surface area (Å²) in [5.41, 5.74) is 1.04. The molecule has 0 bridgehead atoms. The molecular weight excluding hydrogens is 294 g/mol. The molecule has 114 valence electrons. The van der Waals surface area contributed by atoms with Crippen molar-refractivity contribution in [2.75, 3.05) is 18.4 Å². The summed E-state index contributed by atoms with van der Waals surface area (Å²) in [6.07, 6.45) is 2.79. The molecule has 0 saturated carbocycles. The Kier molecular flexibility index (Phi) is 6.92. The van der Waals surface area contributed by atoms with E-state index in [1.54, 1.807) is 11.3 Å². The lowest BCUT2D eigenvalue weighted by atomic mass is 9.97. The van der Waals surface area contributed by atoms with Crippen molar-refractivity contribution in [1.29, 1.82) is 0 Å². The second-order valence-corrected chi connectivity index (χ2v) is 6.82. The van der Waals surface area contributed by atoms with E-state index >= 15 is 0 Å². The Morgan fingerprint density at radius 3 is 2.70 bits per heavy atom. The Morgan fingerprint density at radius 1 is 1.45 bits per heavy atom. The molecule has 2 rings (SSSR count). The molecule has 1 amide bonds. The molecule has 20 heavy (non-hydrogen) atoms. The number of rotatable bonds is 4. The first kappa shape index (κ1) is 17.4. The number of hydrogen-bond acceptors (Lipinski definition) is 4. The summed E-state index contributed by atoms with van der Waals surface area (Å²) in [6.45, 7) is 8.23. The molecule has 1 aliphatic rings. The quantitative estimate of drug-likeness (QED) is 0.897. The summed E-state index contributed by atoms with van der Waals surface area (Å²) >= 11 is 1.59. The number of amides is 1. The fourth-order valence-corrected chi connectivity index (χ4v) is 3.24. The van der Waals surface area contributed by atoms with Gasteiger partial charge in [0.15, 0.2) is 0 Å². The minimum atomic E-state index is 0. The molecule has 6 heteroatoms. The molecule has 2 heterocycles. The average molecular weight is 318 g/mol. The van der Waals surface area contributed by atoms with Crippen molar-refractivity contribution in [3.8, 4) is 0 Å². The van der Waals surface area contributed by atoms with Crippen LogP contribution in [-0.4, -0.2) is 24.0 Å². The van der Waals surface area contributed by atoms with Gasteiger partial charge in [0.25, 0.3) is 0 Å². The molecule has 2 N–H and O–H groups in total. The highest BCUT2D eigenvalue weighted by molar-refractivity contribution is 7.16. The van der Waals surface area contributed by atoms with Crippen LogP contribution in [0.25, 0.3) is 0 Å². The number of anilines is 1. The van der Waals surface area contributed by atoms with E-state index in [4.69, 9.17) is 0 Å². The van der Waals surface area contributed by atoms with Crippen LogP contribution in [0.4, 0.5) is 5.00 Å². The van der Waals surface area contributed by atoms with Crippen LogP contribution >= 0.6 is 23.7 Å². The first-order valence-electron chi connectivity index (χ1n) is 7.04. The van der Waals surface area contributed by atoms with E-state index < -0.39 is 0 Å². The van der Waals surface area contributed by atoms with Crippen molar-refractivity contribution in [1.82, 2.24) is 10.3 Å². The second-order valence-electron chi connectivity index (χ2n) is 5.62. The molecule has 0 aliphatic carbocycles. The van der Waals surface area contributed by atoms with Gasteiger partial charge in [-0.05, 0) is 45.2 Å². The Balaban J connectivity index is 0.00000200. The summed E-state index contributed by atoms with van der Waals surface area (Å²) in [5, 5.41) is 8.36. The van der Waals surface area contributed by atoms with Crippen LogP contribution in [0.1, 0.15) is 37.4 Å². The maximum absolute atomic E-state index is 12.3. The Morgan fingerprint density at radius 2 is 2.10 bits per heavy atom. The molecule has 1 fully saturated rings. The van der Waals surface area contributed by atoms with Crippen LogP contribution < -0.4 is 10.6 Å². The molecule has 0 radical (unpaired) electrons. The molecule has 0 aromatic carbocycles. The number of nitrogens with zero attached hydrogens (tertiary/aromatic N) is 1. The van der Waals surface area contributed by atoms with E-state index in [0.717, 1.165) is 48.1 Å². The molecule has 1 saturated heterocycles. The van der Waals surface area contributed by atoms with Gasteiger partial charge in [0, 0.05) is 5.92 Å². The second kappa shape index (κ2) is 7.96. The molecule has 0 unspecified atom stereocenters. The van der Waals surface area contributed by atoms with Gasteiger partial charge in [0.2, 0.25) is 5.91 Å². The lowest BCUT2D eigenvalue weighted by Crippen LogP contribution is -2.34. The number of aryl methyl sites for hydroxylation is 1. The summed E-state index contributed by atoms with van der Waals surface area (Å²) in [6, 6.07) is 0. The van der Waals surface area contributed by atoms with Crippen LogP contribution in [0, 0.1) is 18.8 Å². The average Bonchev–Trinajstić information content (AvgIpc) is 2.69. The van der Waals surface area contributed by atoms with Crippen molar-refractivity contribution >= 4 is 34.7 Å². The zero-order valence-electron chi connectivity index (χ0n) is 12.4. The standard InChI is InChI=1S/C14H23N3OS.ClH/c1-9(2)8-12-14(19-10(3)16-12)17-13(18)11-4-6-15-7-5-11;/h9,11,15H,4-8H2,1-3H3,(H,17,18);1H. The predicted molar refractivity (Wildman–Crippen MR) is 86.9 cm³/mol. The fourth-order valence-electron chi connectivity index (χ4n) is 2.39. The lowest BCUT2D eigenvalue weighted by molar-refractivity contribution is -0.120. The predicted octanol–water partition coefficient (Wildman–Crippen LogP) is 3.01. The zero-order chi connectivity index (χ0) is 13.8. The topological polar surface area (TPSA) is 54.0 Å². The smallest absolute Gasteiger partial charge is 0.228 e. The third-order valence-corrected chi connectivity index (χ3v) is 4.28. The first-order chi connectivity index (χ1) is 9.06. The highest BCUT2D eigenvalue weighted by Gasteiger charge is 2.22. The van der Waals surface area contributed by atoms with Gasteiger partial charge in [-0.2, -0.15) is 0 Å². The summed E-state index contributed by atoms with van der Waals surface area (Å²) in [5.74, 6) is 0.863. The van der Waals surface area contributed by atoms with Crippen LogP contribution in [0.5, 0.6) is 0 Å². The van der Waals surface area contributed by atoms with E-state index in [1.165, 1.54) is 0 Å². The molecule has 4 nitrogen and oxygen atoms in total. The van der Waals surface area contributed by atoms with Gasteiger partial charge < -0.3 is 10.6 Å². The normalized spacial score (nSPS) is 16.0. The van der Waals surface area contributed by atoms with Crippen molar-refractivity contribution in [3.63, 3.8) is 0 Å². The van der Waals surface area contributed by atoms with Crippen LogP contribution in [-0.2, 0) is 11.2 Å². The van der Waals surface area contributed by atoms with Gasteiger partial charge in [-0.15, -0.1) is 23.7 Å². The Bertz CT molecular complexity index is 442. The lowest BCUT2D eigenvalue weighted by Gasteiger charge is -2.21. The highest BCUT2D eigenvalue weighted by Crippen LogP contribution is 2.27. The number of carbonyl (C=O) groups is 1. The maximum atomic E-state index is 12.3. The molecule has 1 aliphatic heterocycles. The number of carbonyl (C=O) groups excluding carboxylic acids is 1. The maximum Gasteiger partial charge on any atom is 0.228 e. The van der Waals surface area contributed by atoms with Crippen molar-refractivity contribution in [2.45, 2.75) is 40.0 Å². The number of thiazole rings is 1. The summed E-state index contributed by atoms with van der Waals surface area (Å²) in [7, 11) is 0. The van der Waals surface area contributed by atoms with E-state index in [1.807, 2.05) is 6.92 Å². The third kappa shape index (κ3) is 4.72. The zero-order valence-corrected chi connectivity index (χ0v) is 14.0. The Labute approximate surface area is 131 Å². The van der Waals surface area contributed by atoms with Crippen molar-refractivity contribution in [2.24, 2.45) is 11.8 Å². The fraction of sp³-hybridized carbons (Fsp3) is 0.714. The van der Waals surface area contributed by atoms with E-state index in [-0.39, 0.29) is 24.2 Å². The van der Waals surface area contributed by atoms with E-state index in [9.17, 15) is 4.79 Å². The van der Waals surface area contributed by atoms with Gasteiger partial charge in [0.05, 0.1) is 10.7 Å². The number of hydrogen-bond donors (Lipinski definition) is 2. The molecule has 1 aromatic rings. The third-order valence-electron chi connectivity index (χ3n) is 3.35. The van der Waals surface area contributed by atoms with Crippen LogP contribution in [0.3, 0.4) is 0 Å². The van der Waals surface area contributed by atoms with Crippen molar-refractivity contribution < 1.29 is 4.79 Å². The number of halogens is 1. The summed E-state index contributed by atoms with van der Waals surface area (Å²) < 4.78 is 0. The number of nitrogens with one attached hydrogen (secondary N) is 2. The minimum absolute atomic E-state index is 0. The largest absolute Gasteiger partial charge is 0.317 e.